The van der Waals surface area contributed by atoms with Gasteiger partial charge in [0.25, 0.3) is 5.91 Å². The lowest BCUT2D eigenvalue weighted by Gasteiger charge is -2.35. The lowest BCUT2D eigenvalue weighted by atomic mass is 10.0. The predicted octanol–water partition coefficient (Wildman–Crippen LogP) is 4.77. The van der Waals surface area contributed by atoms with Gasteiger partial charge in [0, 0.05) is 57.0 Å². The number of carbonyl (C=O) groups excluding carboxylic acids is 1. The number of aromatic nitrogens is 2. The third-order valence-corrected chi connectivity index (χ3v) is 8.14. The molecule has 2 aromatic carbocycles. The number of hydrogen-bond donors (Lipinski definition) is 0. The maximum Gasteiger partial charge on any atom is 0.257 e. The first-order valence-corrected chi connectivity index (χ1v) is 14.3. The van der Waals surface area contributed by atoms with Crippen molar-refractivity contribution in [3.8, 4) is 0 Å². The van der Waals surface area contributed by atoms with Crippen LogP contribution in [0.15, 0.2) is 65.3 Å². The number of ether oxygens (including phenoxy) is 1. The number of halogens is 1. The lowest BCUT2D eigenvalue weighted by Crippen LogP contribution is -2.49. The molecule has 38 heavy (non-hydrogen) atoms. The van der Waals surface area contributed by atoms with Crippen LogP contribution in [0, 0.1) is 0 Å². The minimum absolute atomic E-state index is 0.0388. The second-order valence-electron chi connectivity index (χ2n) is 10.0. The van der Waals surface area contributed by atoms with E-state index in [-0.39, 0.29) is 11.9 Å². The molecule has 0 saturated carbocycles. The van der Waals surface area contributed by atoms with E-state index in [9.17, 15) is 4.79 Å². The monoisotopic (exact) mass is 577 g/mol. The average Bonchev–Trinajstić information content (AvgIpc) is 3.46. The number of aryl methyl sites for hydroxylation is 2. The van der Waals surface area contributed by atoms with Crippen LogP contribution in [0.2, 0.25) is 0 Å². The Morgan fingerprint density at radius 1 is 1.00 bits per heavy atom. The average molecular weight is 579 g/mol. The Morgan fingerprint density at radius 3 is 2.50 bits per heavy atom. The molecule has 8 heteroatoms. The van der Waals surface area contributed by atoms with Gasteiger partial charge < -0.3 is 14.5 Å². The third-order valence-electron chi connectivity index (χ3n) is 7.61. The Hall–Kier alpha value is -2.81. The zero-order valence-electron chi connectivity index (χ0n) is 22.1. The van der Waals surface area contributed by atoms with Gasteiger partial charge in [-0.25, -0.2) is 9.97 Å². The number of methoxy groups -OCH3 is 1. The molecule has 200 valence electrons. The van der Waals surface area contributed by atoms with Crippen molar-refractivity contribution in [2.75, 3.05) is 57.9 Å². The summed E-state index contributed by atoms with van der Waals surface area (Å²) in [6, 6.07) is 19.2. The number of anilines is 1. The van der Waals surface area contributed by atoms with E-state index in [4.69, 9.17) is 14.7 Å². The smallest absolute Gasteiger partial charge is 0.257 e. The molecule has 1 aromatic heterocycles. The van der Waals surface area contributed by atoms with Crippen molar-refractivity contribution in [2.24, 2.45) is 0 Å². The molecular weight excluding hydrogens is 542 g/mol. The number of nitrogens with zero attached hydrogens (tertiary/aromatic N) is 5. The van der Waals surface area contributed by atoms with Crippen LogP contribution in [-0.4, -0.2) is 78.7 Å². The van der Waals surface area contributed by atoms with Crippen LogP contribution >= 0.6 is 15.9 Å². The van der Waals surface area contributed by atoms with Gasteiger partial charge in [0.1, 0.15) is 0 Å². The zero-order valence-corrected chi connectivity index (χ0v) is 23.6. The number of benzene rings is 2. The van der Waals surface area contributed by atoms with Gasteiger partial charge in [0.2, 0.25) is 5.95 Å². The molecule has 2 saturated heterocycles. The van der Waals surface area contributed by atoms with Crippen molar-refractivity contribution < 1.29 is 9.53 Å². The van der Waals surface area contributed by atoms with Gasteiger partial charge in [-0.05, 0) is 48.9 Å². The van der Waals surface area contributed by atoms with Crippen LogP contribution in [0.3, 0.4) is 0 Å². The molecule has 0 aliphatic carbocycles. The maximum atomic E-state index is 13.7. The van der Waals surface area contributed by atoms with Gasteiger partial charge in [-0.2, -0.15) is 0 Å². The second kappa shape index (κ2) is 12.8. The summed E-state index contributed by atoms with van der Waals surface area (Å²) in [4.78, 5) is 30.1. The fourth-order valence-electron chi connectivity index (χ4n) is 5.42. The highest BCUT2D eigenvalue weighted by molar-refractivity contribution is 9.10. The molecule has 0 radical (unpaired) electrons. The van der Waals surface area contributed by atoms with E-state index >= 15 is 0 Å². The maximum absolute atomic E-state index is 13.7. The minimum Gasteiger partial charge on any atom is -0.383 e. The standard InChI is InChI=1S/C30H36BrN5O2/c1-38-21-20-34-16-18-35(19-17-34)29(37)26-22-32-30(33-27(26)14-9-23-6-3-2-4-7-23)36-15-5-8-28(36)24-10-12-25(31)13-11-24/h2-4,6-7,10-13,22,28H,5,8-9,14-21H2,1H3. The summed E-state index contributed by atoms with van der Waals surface area (Å²) in [5, 5.41) is 0. The molecule has 3 aromatic rings. The van der Waals surface area contributed by atoms with E-state index in [1.165, 1.54) is 11.1 Å². The number of carbonyl (C=O) groups is 1. The molecule has 0 bridgehead atoms. The van der Waals surface area contributed by atoms with Gasteiger partial charge in [-0.15, -0.1) is 0 Å². The van der Waals surface area contributed by atoms with E-state index in [1.807, 2.05) is 11.0 Å². The van der Waals surface area contributed by atoms with Crippen molar-refractivity contribution in [1.82, 2.24) is 19.8 Å². The van der Waals surface area contributed by atoms with E-state index in [0.717, 1.165) is 61.6 Å². The fraction of sp³-hybridized carbons (Fsp3) is 0.433. The van der Waals surface area contributed by atoms with Crippen molar-refractivity contribution in [1.29, 1.82) is 0 Å². The van der Waals surface area contributed by atoms with E-state index in [1.54, 1.807) is 13.3 Å². The summed E-state index contributed by atoms with van der Waals surface area (Å²) in [6.45, 7) is 5.65. The summed E-state index contributed by atoms with van der Waals surface area (Å²) in [5.74, 6) is 0.760. The number of rotatable bonds is 9. The minimum atomic E-state index is 0.0388. The van der Waals surface area contributed by atoms with Crippen LogP contribution in [0.25, 0.3) is 0 Å². The van der Waals surface area contributed by atoms with E-state index in [0.29, 0.717) is 31.7 Å². The third kappa shape index (κ3) is 6.42. The zero-order chi connectivity index (χ0) is 26.3. The predicted molar refractivity (Wildman–Crippen MR) is 154 cm³/mol. The molecule has 2 aliphatic heterocycles. The highest BCUT2D eigenvalue weighted by Gasteiger charge is 2.30. The summed E-state index contributed by atoms with van der Waals surface area (Å²) < 4.78 is 6.29. The Bertz CT molecular complexity index is 1200. The summed E-state index contributed by atoms with van der Waals surface area (Å²) in [5.41, 5.74) is 3.99. The van der Waals surface area contributed by atoms with Crippen molar-refractivity contribution in [3.05, 3.63) is 87.7 Å². The molecule has 2 fully saturated rings. The quantitative estimate of drug-likeness (QED) is 0.365. The topological polar surface area (TPSA) is 61.8 Å². The molecule has 0 N–H and O–H groups in total. The highest BCUT2D eigenvalue weighted by atomic mass is 79.9. The Balaban J connectivity index is 1.38. The van der Waals surface area contributed by atoms with Gasteiger partial charge in [0.15, 0.2) is 0 Å². The summed E-state index contributed by atoms with van der Waals surface area (Å²) in [6.07, 6.45) is 5.47. The van der Waals surface area contributed by atoms with Crippen molar-refractivity contribution in [3.63, 3.8) is 0 Å². The van der Waals surface area contributed by atoms with E-state index in [2.05, 4.69) is 74.3 Å². The first-order valence-electron chi connectivity index (χ1n) is 13.5. The van der Waals surface area contributed by atoms with Crippen LogP contribution in [0.4, 0.5) is 5.95 Å². The largest absolute Gasteiger partial charge is 0.383 e. The number of amides is 1. The lowest BCUT2D eigenvalue weighted by molar-refractivity contribution is 0.0592. The van der Waals surface area contributed by atoms with Gasteiger partial charge in [-0.1, -0.05) is 58.4 Å². The van der Waals surface area contributed by atoms with Crippen molar-refractivity contribution in [2.45, 2.75) is 31.7 Å². The highest BCUT2D eigenvalue weighted by Crippen LogP contribution is 2.35. The van der Waals surface area contributed by atoms with E-state index < -0.39 is 0 Å². The normalized spacial score (nSPS) is 18.2. The SMILES string of the molecule is COCCN1CCN(C(=O)c2cnc(N3CCCC3c3ccc(Br)cc3)nc2CCc2ccccc2)CC1. The molecular formula is C30H36BrN5O2. The Kier molecular flexibility index (Phi) is 9.04. The van der Waals surface area contributed by atoms with Crippen LogP contribution in [0.5, 0.6) is 0 Å². The summed E-state index contributed by atoms with van der Waals surface area (Å²) >= 11 is 3.55. The number of hydrogen-bond acceptors (Lipinski definition) is 6. The molecule has 1 amide bonds. The summed E-state index contributed by atoms with van der Waals surface area (Å²) in [7, 11) is 1.73. The van der Waals surface area contributed by atoms with Gasteiger partial charge in [0.05, 0.1) is 23.9 Å². The van der Waals surface area contributed by atoms with Crippen molar-refractivity contribution >= 4 is 27.8 Å². The Morgan fingerprint density at radius 2 is 1.76 bits per heavy atom. The molecule has 1 atom stereocenters. The first kappa shape index (κ1) is 26.8. The molecule has 2 aliphatic rings. The van der Waals surface area contributed by atoms with Gasteiger partial charge >= 0.3 is 0 Å². The van der Waals surface area contributed by atoms with Crippen LogP contribution < -0.4 is 4.90 Å². The molecule has 0 spiro atoms. The van der Waals surface area contributed by atoms with Crippen LogP contribution in [-0.2, 0) is 17.6 Å². The second-order valence-corrected chi connectivity index (χ2v) is 11.0. The fourth-order valence-corrected chi connectivity index (χ4v) is 5.69. The Labute approximate surface area is 234 Å². The van der Waals surface area contributed by atoms with Crippen LogP contribution in [0.1, 0.15) is 46.1 Å². The molecule has 7 nitrogen and oxygen atoms in total. The molecule has 1 unspecified atom stereocenters. The molecule has 5 rings (SSSR count). The number of piperazine rings is 1. The first-order chi connectivity index (χ1) is 18.6. The molecule has 3 heterocycles. The van der Waals surface area contributed by atoms with Gasteiger partial charge in [-0.3, -0.25) is 9.69 Å².